The van der Waals surface area contributed by atoms with E-state index in [1.165, 1.54) is 0 Å². The molecule has 0 bridgehead atoms. The average Bonchev–Trinajstić information content (AvgIpc) is 2.11. The number of nitrogens with one attached hydrogen (secondary N) is 2. The van der Waals surface area contributed by atoms with Crippen molar-refractivity contribution in [3.8, 4) is 0 Å². The quantitative estimate of drug-likeness (QED) is 0.498. The lowest BCUT2D eigenvalue weighted by Gasteiger charge is -2.21. The number of hydrogen-bond acceptors (Lipinski definition) is 4. The Morgan fingerprint density at radius 3 is 2.06 bits per heavy atom. The van der Waals surface area contributed by atoms with Crippen LogP contribution in [0.2, 0.25) is 0 Å². The van der Waals surface area contributed by atoms with Gasteiger partial charge in [-0.1, -0.05) is 0 Å². The molecule has 0 spiro atoms. The summed E-state index contributed by atoms with van der Waals surface area (Å²) in [7, 11) is 0. The normalized spacial score (nSPS) is 12.9. The van der Waals surface area contributed by atoms with Gasteiger partial charge in [0.1, 0.15) is 6.04 Å². The van der Waals surface area contributed by atoms with Crippen LogP contribution >= 0.6 is 0 Å². The molecular formula is C10H18N2O5. The standard InChI is InChI=1S/C10H18N2O5/c1-10(2,3)11-5-7(13)12-6(9(16)17)4-8(14)15/h6,11H,4-5H2,1-3H3,(H,12,13)(H,14,15)(H,16,17). The monoisotopic (exact) mass is 246 g/mol. The first-order valence-electron chi connectivity index (χ1n) is 5.11. The third kappa shape index (κ3) is 8.21. The van der Waals surface area contributed by atoms with Crippen molar-refractivity contribution in [2.75, 3.05) is 6.54 Å². The summed E-state index contributed by atoms with van der Waals surface area (Å²) >= 11 is 0. The van der Waals surface area contributed by atoms with Gasteiger partial charge in [-0.15, -0.1) is 0 Å². The highest BCUT2D eigenvalue weighted by atomic mass is 16.4. The van der Waals surface area contributed by atoms with Crippen LogP contribution in [0.5, 0.6) is 0 Å². The van der Waals surface area contributed by atoms with Crippen molar-refractivity contribution in [3.05, 3.63) is 0 Å². The van der Waals surface area contributed by atoms with Crippen molar-refractivity contribution in [3.63, 3.8) is 0 Å². The number of carboxylic acid groups (broad SMARTS) is 2. The van der Waals surface area contributed by atoms with Crippen LogP contribution < -0.4 is 10.6 Å². The highest BCUT2D eigenvalue weighted by molar-refractivity contribution is 5.87. The lowest BCUT2D eigenvalue weighted by molar-refractivity contribution is -0.147. The van der Waals surface area contributed by atoms with E-state index in [-0.39, 0.29) is 12.1 Å². The number of rotatable bonds is 6. The molecule has 0 aromatic carbocycles. The molecular weight excluding hydrogens is 228 g/mol. The molecule has 0 heterocycles. The Balaban J connectivity index is 4.22. The van der Waals surface area contributed by atoms with Crippen LogP contribution in [0, 0.1) is 0 Å². The zero-order valence-corrected chi connectivity index (χ0v) is 10.1. The molecule has 17 heavy (non-hydrogen) atoms. The molecule has 7 heteroatoms. The molecule has 1 atom stereocenters. The fourth-order valence-electron chi connectivity index (χ4n) is 0.966. The van der Waals surface area contributed by atoms with Crippen LogP contribution in [0.25, 0.3) is 0 Å². The van der Waals surface area contributed by atoms with Crippen LogP contribution in [0.1, 0.15) is 27.2 Å². The Labute approximate surface area is 99.2 Å². The number of carbonyl (C=O) groups is 3. The molecule has 1 amide bonds. The molecule has 0 aliphatic heterocycles. The third-order valence-corrected chi connectivity index (χ3v) is 1.79. The average molecular weight is 246 g/mol. The van der Waals surface area contributed by atoms with Gasteiger partial charge < -0.3 is 20.8 Å². The minimum atomic E-state index is -1.40. The topological polar surface area (TPSA) is 116 Å². The number of aliphatic carboxylic acids is 2. The molecule has 0 aromatic heterocycles. The van der Waals surface area contributed by atoms with Crippen LogP contribution in [0.3, 0.4) is 0 Å². The Hall–Kier alpha value is -1.63. The molecule has 0 saturated carbocycles. The van der Waals surface area contributed by atoms with Crippen LogP contribution in [0.15, 0.2) is 0 Å². The summed E-state index contributed by atoms with van der Waals surface area (Å²) in [5, 5.41) is 22.2. The summed E-state index contributed by atoms with van der Waals surface area (Å²) in [5.41, 5.74) is -0.275. The van der Waals surface area contributed by atoms with Crippen molar-refractivity contribution in [2.24, 2.45) is 0 Å². The SMILES string of the molecule is CC(C)(C)NCC(=O)NC(CC(=O)O)C(=O)O. The van der Waals surface area contributed by atoms with Crippen molar-refractivity contribution in [2.45, 2.75) is 38.8 Å². The Bertz CT molecular complexity index is 308. The molecule has 0 aromatic rings. The summed E-state index contributed by atoms with van der Waals surface area (Å²) in [6.07, 6.45) is -0.642. The van der Waals surface area contributed by atoms with Gasteiger partial charge in [0.25, 0.3) is 0 Å². The molecule has 0 radical (unpaired) electrons. The Kier molecular flexibility index (Phi) is 5.60. The predicted octanol–water partition coefficient (Wildman–Crippen LogP) is -0.581. The number of carboxylic acids is 2. The van der Waals surface area contributed by atoms with Crippen LogP contribution in [0.4, 0.5) is 0 Å². The molecule has 0 rings (SSSR count). The molecule has 4 N–H and O–H groups in total. The van der Waals surface area contributed by atoms with Gasteiger partial charge in [-0.3, -0.25) is 9.59 Å². The number of amides is 1. The second-order valence-electron chi connectivity index (χ2n) is 4.66. The predicted molar refractivity (Wildman–Crippen MR) is 59.6 cm³/mol. The van der Waals surface area contributed by atoms with Crippen molar-refractivity contribution in [1.29, 1.82) is 0 Å². The largest absolute Gasteiger partial charge is 0.481 e. The maximum atomic E-state index is 11.4. The van der Waals surface area contributed by atoms with Gasteiger partial charge >= 0.3 is 11.9 Å². The first-order valence-corrected chi connectivity index (χ1v) is 5.11. The van der Waals surface area contributed by atoms with Gasteiger partial charge in [0, 0.05) is 5.54 Å². The fraction of sp³-hybridized carbons (Fsp3) is 0.700. The maximum Gasteiger partial charge on any atom is 0.326 e. The van der Waals surface area contributed by atoms with E-state index in [4.69, 9.17) is 10.2 Å². The zero-order valence-electron chi connectivity index (χ0n) is 10.1. The van der Waals surface area contributed by atoms with E-state index in [9.17, 15) is 14.4 Å². The van der Waals surface area contributed by atoms with Gasteiger partial charge in [-0.25, -0.2) is 4.79 Å². The van der Waals surface area contributed by atoms with Crippen LogP contribution in [-0.2, 0) is 14.4 Å². The van der Waals surface area contributed by atoms with E-state index in [0.717, 1.165) is 0 Å². The van der Waals surface area contributed by atoms with E-state index >= 15 is 0 Å². The van der Waals surface area contributed by atoms with Gasteiger partial charge in [0.05, 0.1) is 13.0 Å². The fourth-order valence-corrected chi connectivity index (χ4v) is 0.966. The maximum absolute atomic E-state index is 11.4. The van der Waals surface area contributed by atoms with Gasteiger partial charge in [-0.05, 0) is 20.8 Å². The van der Waals surface area contributed by atoms with E-state index in [1.54, 1.807) is 0 Å². The first kappa shape index (κ1) is 15.4. The van der Waals surface area contributed by atoms with Crippen LogP contribution in [-0.4, -0.2) is 46.2 Å². The lowest BCUT2D eigenvalue weighted by atomic mass is 10.1. The Morgan fingerprint density at radius 2 is 1.71 bits per heavy atom. The lowest BCUT2D eigenvalue weighted by Crippen LogP contribution is -2.48. The first-order chi connectivity index (χ1) is 7.61. The van der Waals surface area contributed by atoms with Crippen molar-refractivity contribution >= 4 is 17.8 Å². The van der Waals surface area contributed by atoms with E-state index in [0.29, 0.717) is 0 Å². The summed E-state index contributed by atoms with van der Waals surface area (Å²) in [5.74, 6) is -3.19. The van der Waals surface area contributed by atoms with Crippen molar-refractivity contribution < 1.29 is 24.6 Å². The number of carbonyl (C=O) groups excluding carboxylic acids is 1. The van der Waals surface area contributed by atoms with Gasteiger partial charge in [0.15, 0.2) is 0 Å². The van der Waals surface area contributed by atoms with E-state index in [1.807, 2.05) is 20.8 Å². The van der Waals surface area contributed by atoms with Gasteiger partial charge in [-0.2, -0.15) is 0 Å². The third-order valence-electron chi connectivity index (χ3n) is 1.79. The summed E-state index contributed by atoms with van der Waals surface area (Å²) in [6, 6.07) is -1.40. The second kappa shape index (κ2) is 6.19. The molecule has 7 nitrogen and oxygen atoms in total. The summed E-state index contributed by atoms with van der Waals surface area (Å²) < 4.78 is 0. The highest BCUT2D eigenvalue weighted by Gasteiger charge is 2.23. The zero-order chi connectivity index (χ0) is 13.6. The van der Waals surface area contributed by atoms with Gasteiger partial charge in [0.2, 0.25) is 5.91 Å². The molecule has 0 saturated heterocycles. The Morgan fingerprint density at radius 1 is 1.18 bits per heavy atom. The highest BCUT2D eigenvalue weighted by Crippen LogP contribution is 1.97. The molecule has 0 fully saturated rings. The second-order valence-corrected chi connectivity index (χ2v) is 4.66. The molecule has 0 aliphatic carbocycles. The van der Waals surface area contributed by atoms with E-state index in [2.05, 4.69) is 10.6 Å². The minimum Gasteiger partial charge on any atom is -0.481 e. The summed E-state index contributed by atoms with van der Waals surface area (Å²) in [4.78, 5) is 32.4. The van der Waals surface area contributed by atoms with Crippen molar-refractivity contribution in [1.82, 2.24) is 10.6 Å². The van der Waals surface area contributed by atoms with E-state index < -0.39 is 30.3 Å². The molecule has 0 aliphatic rings. The minimum absolute atomic E-state index is 0.0626. The smallest absolute Gasteiger partial charge is 0.326 e. The summed E-state index contributed by atoms with van der Waals surface area (Å²) in [6.45, 7) is 5.50. The molecule has 1 unspecified atom stereocenters. The number of hydrogen-bond donors (Lipinski definition) is 4. The molecule has 98 valence electrons.